The zero-order chi connectivity index (χ0) is 13.9. The van der Waals surface area contributed by atoms with Crippen LogP contribution in [-0.4, -0.2) is 17.7 Å². The Balaban J connectivity index is 1.82. The number of anilines is 1. The third kappa shape index (κ3) is 2.54. The van der Waals surface area contributed by atoms with Crippen LogP contribution in [0.25, 0.3) is 0 Å². The summed E-state index contributed by atoms with van der Waals surface area (Å²) in [6, 6.07) is 12.0. The Bertz CT molecular complexity index is 599. The van der Waals surface area contributed by atoms with Crippen molar-refractivity contribution in [2.45, 2.75) is 26.0 Å². The van der Waals surface area contributed by atoms with Crippen LogP contribution < -0.4 is 14.8 Å². The first-order valence-electron chi connectivity index (χ1n) is 6.84. The lowest BCUT2D eigenvalue weighted by Crippen LogP contribution is -2.15. The Morgan fingerprint density at radius 3 is 2.95 bits per heavy atom. The number of nitrogens with zero attached hydrogens (tertiary/aromatic N) is 1. The van der Waals surface area contributed by atoms with Gasteiger partial charge >= 0.3 is 0 Å². The molecule has 20 heavy (non-hydrogen) atoms. The number of rotatable bonds is 4. The monoisotopic (exact) mass is 270 g/mol. The van der Waals surface area contributed by atoms with Gasteiger partial charge in [-0.05, 0) is 32.0 Å². The van der Waals surface area contributed by atoms with Gasteiger partial charge in [0.05, 0.1) is 12.1 Å². The molecule has 1 unspecified atom stereocenters. The fraction of sp³-hybridized carbons (Fsp3) is 0.312. The van der Waals surface area contributed by atoms with Gasteiger partial charge in [-0.1, -0.05) is 18.2 Å². The summed E-state index contributed by atoms with van der Waals surface area (Å²) in [5.74, 6) is 2.46. The molecule has 1 aliphatic rings. The molecule has 0 bridgehead atoms. The Labute approximate surface area is 118 Å². The normalized spacial score (nSPS) is 16.6. The van der Waals surface area contributed by atoms with Crippen LogP contribution in [0.3, 0.4) is 0 Å². The second-order valence-electron chi connectivity index (χ2n) is 5.06. The summed E-state index contributed by atoms with van der Waals surface area (Å²) in [4.78, 5) is 4.38. The number of hydrogen-bond acceptors (Lipinski definition) is 4. The molecule has 0 fully saturated rings. The molecule has 4 nitrogen and oxygen atoms in total. The predicted molar refractivity (Wildman–Crippen MR) is 78.3 cm³/mol. The molecule has 2 aromatic rings. The molecular weight excluding hydrogens is 252 g/mol. The molecule has 0 amide bonds. The number of nitrogens with one attached hydrogen (secondary N) is 1. The average molecular weight is 270 g/mol. The Morgan fingerprint density at radius 2 is 2.10 bits per heavy atom. The minimum absolute atomic E-state index is 0.107. The van der Waals surface area contributed by atoms with Crippen LogP contribution in [0.1, 0.15) is 25.5 Å². The molecule has 0 aliphatic carbocycles. The minimum atomic E-state index is 0.107. The van der Waals surface area contributed by atoms with Crippen LogP contribution >= 0.6 is 0 Å². The van der Waals surface area contributed by atoms with Gasteiger partial charge in [0.25, 0.3) is 0 Å². The third-order valence-corrected chi connectivity index (χ3v) is 3.14. The van der Waals surface area contributed by atoms with Crippen molar-refractivity contribution in [1.82, 2.24) is 4.98 Å². The standard InChI is InChI=1S/C16H18N2O2/c1-11(2)20-15-8-5-9-17-16(15)18-13-10-19-14-7-4-3-6-12(13)14/h3-9,11,13H,10H2,1-2H3,(H,17,18). The zero-order valence-electron chi connectivity index (χ0n) is 11.7. The van der Waals surface area contributed by atoms with Gasteiger partial charge in [-0.3, -0.25) is 0 Å². The van der Waals surface area contributed by atoms with Crippen LogP contribution in [-0.2, 0) is 0 Å². The molecule has 1 N–H and O–H groups in total. The topological polar surface area (TPSA) is 43.4 Å². The van der Waals surface area contributed by atoms with Crippen molar-refractivity contribution in [3.05, 3.63) is 48.2 Å². The number of hydrogen-bond donors (Lipinski definition) is 1. The highest BCUT2D eigenvalue weighted by Crippen LogP contribution is 2.35. The van der Waals surface area contributed by atoms with Gasteiger partial charge in [0.1, 0.15) is 12.4 Å². The molecule has 1 aliphatic heterocycles. The van der Waals surface area contributed by atoms with E-state index in [2.05, 4.69) is 16.4 Å². The first kappa shape index (κ1) is 12.8. The maximum Gasteiger partial charge on any atom is 0.169 e. The molecule has 4 heteroatoms. The number of para-hydroxylation sites is 1. The van der Waals surface area contributed by atoms with E-state index in [0.717, 1.165) is 22.9 Å². The zero-order valence-corrected chi connectivity index (χ0v) is 11.7. The first-order valence-corrected chi connectivity index (χ1v) is 6.84. The average Bonchev–Trinajstić information content (AvgIpc) is 2.84. The van der Waals surface area contributed by atoms with Crippen LogP contribution in [0.5, 0.6) is 11.5 Å². The Hall–Kier alpha value is -2.23. The van der Waals surface area contributed by atoms with Crippen molar-refractivity contribution < 1.29 is 9.47 Å². The van der Waals surface area contributed by atoms with Gasteiger partial charge in [0.2, 0.25) is 0 Å². The lowest BCUT2D eigenvalue weighted by molar-refractivity contribution is 0.242. The van der Waals surface area contributed by atoms with Crippen LogP contribution in [0, 0.1) is 0 Å². The van der Waals surface area contributed by atoms with Crippen LogP contribution in [0.15, 0.2) is 42.6 Å². The van der Waals surface area contributed by atoms with Gasteiger partial charge in [0.15, 0.2) is 11.6 Å². The molecule has 1 aromatic carbocycles. The van der Waals surface area contributed by atoms with E-state index in [4.69, 9.17) is 9.47 Å². The number of aromatic nitrogens is 1. The summed E-state index contributed by atoms with van der Waals surface area (Å²) >= 11 is 0. The fourth-order valence-electron chi connectivity index (χ4n) is 2.30. The summed E-state index contributed by atoms with van der Waals surface area (Å²) in [5.41, 5.74) is 1.16. The Kier molecular flexibility index (Phi) is 3.46. The van der Waals surface area contributed by atoms with Crippen molar-refractivity contribution >= 4 is 5.82 Å². The van der Waals surface area contributed by atoms with Gasteiger partial charge in [-0.15, -0.1) is 0 Å². The molecule has 0 spiro atoms. The van der Waals surface area contributed by atoms with Gasteiger partial charge in [-0.2, -0.15) is 0 Å². The van der Waals surface area contributed by atoms with Crippen molar-refractivity contribution in [3.63, 3.8) is 0 Å². The van der Waals surface area contributed by atoms with Gasteiger partial charge in [-0.25, -0.2) is 4.98 Å². The summed E-state index contributed by atoms with van der Waals surface area (Å²) < 4.78 is 11.5. The maximum atomic E-state index is 5.78. The second kappa shape index (κ2) is 5.41. The van der Waals surface area contributed by atoms with Crippen molar-refractivity contribution in [1.29, 1.82) is 0 Å². The van der Waals surface area contributed by atoms with E-state index in [1.54, 1.807) is 6.20 Å². The summed E-state index contributed by atoms with van der Waals surface area (Å²) in [7, 11) is 0. The Morgan fingerprint density at radius 1 is 1.25 bits per heavy atom. The van der Waals surface area contributed by atoms with Crippen LogP contribution in [0.2, 0.25) is 0 Å². The lowest BCUT2D eigenvalue weighted by Gasteiger charge is -2.17. The first-order chi connectivity index (χ1) is 9.74. The quantitative estimate of drug-likeness (QED) is 0.924. The van der Waals surface area contributed by atoms with E-state index in [-0.39, 0.29) is 12.1 Å². The lowest BCUT2D eigenvalue weighted by atomic mass is 10.1. The largest absolute Gasteiger partial charge is 0.491 e. The molecule has 104 valence electrons. The van der Waals surface area contributed by atoms with E-state index in [1.807, 2.05) is 44.2 Å². The van der Waals surface area contributed by atoms with Gasteiger partial charge < -0.3 is 14.8 Å². The molecule has 0 saturated heterocycles. The molecular formula is C16H18N2O2. The molecule has 1 atom stereocenters. The van der Waals surface area contributed by atoms with Crippen molar-refractivity contribution in [2.24, 2.45) is 0 Å². The van der Waals surface area contributed by atoms with Crippen molar-refractivity contribution in [3.8, 4) is 11.5 Å². The van der Waals surface area contributed by atoms with E-state index in [1.165, 1.54) is 0 Å². The number of pyridine rings is 1. The highest BCUT2D eigenvalue weighted by Gasteiger charge is 2.24. The molecule has 3 rings (SSSR count). The number of benzene rings is 1. The highest BCUT2D eigenvalue weighted by atomic mass is 16.5. The smallest absolute Gasteiger partial charge is 0.169 e. The predicted octanol–water partition coefficient (Wildman–Crippen LogP) is 3.41. The summed E-state index contributed by atoms with van der Waals surface area (Å²) in [6.45, 7) is 4.62. The van der Waals surface area contributed by atoms with E-state index >= 15 is 0 Å². The SMILES string of the molecule is CC(C)Oc1cccnc1NC1COc2ccccc21. The van der Waals surface area contributed by atoms with E-state index in [9.17, 15) is 0 Å². The maximum absolute atomic E-state index is 5.78. The number of fused-ring (bicyclic) bond motifs is 1. The molecule has 0 radical (unpaired) electrons. The second-order valence-corrected chi connectivity index (χ2v) is 5.06. The van der Waals surface area contributed by atoms with Crippen LogP contribution in [0.4, 0.5) is 5.82 Å². The summed E-state index contributed by atoms with van der Waals surface area (Å²) in [6.07, 6.45) is 1.88. The summed E-state index contributed by atoms with van der Waals surface area (Å²) in [5, 5.41) is 3.41. The third-order valence-electron chi connectivity index (χ3n) is 3.14. The van der Waals surface area contributed by atoms with E-state index in [0.29, 0.717) is 6.61 Å². The van der Waals surface area contributed by atoms with E-state index < -0.39 is 0 Å². The fourth-order valence-corrected chi connectivity index (χ4v) is 2.30. The number of ether oxygens (including phenoxy) is 2. The molecule has 2 heterocycles. The molecule has 0 saturated carbocycles. The molecule has 1 aromatic heterocycles. The minimum Gasteiger partial charge on any atom is -0.491 e. The van der Waals surface area contributed by atoms with Crippen molar-refractivity contribution in [2.75, 3.05) is 11.9 Å². The van der Waals surface area contributed by atoms with Gasteiger partial charge in [0, 0.05) is 11.8 Å². The highest BCUT2D eigenvalue weighted by molar-refractivity contribution is 5.53.